The van der Waals surface area contributed by atoms with Gasteiger partial charge in [-0.3, -0.25) is 19.2 Å². The quantitative estimate of drug-likeness (QED) is 0.687. The van der Waals surface area contributed by atoms with Gasteiger partial charge >= 0.3 is 0 Å². The lowest BCUT2D eigenvalue weighted by Crippen LogP contribution is -2.52. The Morgan fingerprint density at radius 3 is 2.54 bits per heavy atom. The van der Waals surface area contributed by atoms with Gasteiger partial charge in [0.2, 0.25) is 11.8 Å². The summed E-state index contributed by atoms with van der Waals surface area (Å²) < 4.78 is 0. The SMILES string of the molecule is NC(=O)[C@@H](NC(=O)CNC(=O)c1ccccc1)[C@H]1CCCC(=O)C1. The van der Waals surface area contributed by atoms with Crippen molar-refractivity contribution in [2.45, 2.75) is 31.7 Å². The van der Waals surface area contributed by atoms with E-state index in [2.05, 4.69) is 10.6 Å². The molecule has 0 radical (unpaired) electrons. The van der Waals surface area contributed by atoms with Gasteiger partial charge in [0.05, 0.1) is 6.54 Å². The zero-order valence-corrected chi connectivity index (χ0v) is 13.3. The third-order valence-corrected chi connectivity index (χ3v) is 4.06. The van der Waals surface area contributed by atoms with E-state index in [1.54, 1.807) is 30.3 Å². The first kappa shape index (κ1) is 17.7. The molecule has 3 amide bonds. The van der Waals surface area contributed by atoms with Gasteiger partial charge in [0.25, 0.3) is 5.91 Å². The first-order valence-corrected chi connectivity index (χ1v) is 7.91. The van der Waals surface area contributed by atoms with Crippen molar-refractivity contribution in [2.24, 2.45) is 11.7 Å². The summed E-state index contributed by atoms with van der Waals surface area (Å²) in [7, 11) is 0. The van der Waals surface area contributed by atoms with Crippen LogP contribution < -0.4 is 16.4 Å². The number of carbonyl (C=O) groups is 4. The van der Waals surface area contributed by atoms with E-state index in [1.807, 2.05) is 0 Å². The minimum absolute atomic E-state index is 0.0733. The van der Waals surface area contributed by atoms with Crippen LogP contribution >= 0.6 is 0 Å². The van der Waals surface area contributed by atoms with Crippen LogP contribution in [0.5, 0.6) is 0 Å². The lowest BCUT2D eigenvalue weighted by Gasteiger charge is -2.28. The monoisotopic (exact) mass is 331 g/mol. The summed E-state index contributed by atoms with van der Waals surface area (Å²) >= 11 is 0. The molecule has 1 fully saturated rings. The number of rotatable bonds is 6. The van der Waals surface area contributed by atoms with E-state index >= 15 is 0 Å². The minimum atomic E-state index is -0.893. The number of ketones is 1. The summed E-state index contributed by atoms with van der Waals surface area (Å²) in [6.07, 6.45) is 2.09. The predicted octanol–water partition coefficient (Wildman–Crippen LogP) is 0.146. The van der Waals surface area contributed by atoms with Crippen molar-refractivity contribution in [3.05, 3.63) is 35.9 Å². The standard InChI is InChI=1S/C17H21N3O4/c18-16(23)15(12-7-4-8-13(21)9-12)20-14(22)10-19-17(24)11-5-2-1-3-6-11/h1-3,5-6,12,15H,4,7-10H2,(H2,18,23)(H,19,24)(H,20,22)/t12-,15-/m0/s1. The summed E-state index contributed by atoms with van der Waals surface area (Å²) in [6.45, 7) is -0.266. The number of carbonyl (C=O) groups excluding carboxylic acids is 4. The molecule has 128 valence electrons. The average Bonchev–Trinajstić information content (AvgIpc) is 2.58. The molecule has 0 saturated heterocycles. The van der Waals surface area contributed by atoms with Gasteiger partial charge in [0.1, 0.15) is 11.8 Å². The van der Waals surface area contributed by atoms with Crippen LogP contribution in [0.4, 0.5) is 0 Å². The Morgan fingerprint density at radius 2 is 1.92 bits per heavy atom. The van der Waals surface area contributed by atoms with E-state index in [0.717, 1.165) is 0 Å². The van der Waals surface area contributed by atoms with Gasteiger partial charge in [0, 0.05) is 18.4 Å². The Balaban J connectivity index is 1.88. The Bertz CT molecular complexity index is 630. The van der Waals surface area contributed by atoms with E-state index < -0.39 is 17.9 Å². The Labute approximate surface area is 140 Å². The molecule has 0 unspecified atom stereocenters. The van der Waals surface area contributed by atoms with E-state index in [4.69, 9.17) is 5.73 Å². The average molecular weight is 331 g/mol. The predicted molar refractivity (Wildman–Crippen MR) is 86.9 cm³/mol. The maximum absolute atomic E-state index is 12.0. The van der Waals surface area contributed by atoms with Crippen molar-refractivity contribution in [1.82, 2.24) is 10.6 Å². The van der Waals surface area contributed by atoms with E-state index in [0.29, 0.717) is 24.8 Å². The molecule has 4 N–H and O–H groups in total. The number of primary amides is 1. The maximum atomic E-state index is 12.0. The second-order valence-corrected chi connectivity index (χ2v) is 5.89. The lowest BCUT2D eigenvalue weighted by atomic mass is 9.83. The van der Waals surface area contributed by atoms with Crippen molar-refractivity contribution in [1.29, 1.82) is 0 Å². The molecule has 1 saturated carbocycles. The minimum Gasteiger partial charge on any atom is -0.368 e. The number of hydrogen-bond donors (Lipinski definition) is 3. The highest BCUT2D eigenvalue weighted by molar-refractivity contribution is 5.97. The van der Waals surface area contributed by atoms with Crippen LogP contribution in [-0.4, -0.2) is 36.1 Å². The summed E-state index contributed by atoms with van der Waals surface area (Å²) in [6, 6.07) is 7.60. The van der Waals surface area contributed by atoms with Gasteiger partial charge in [-0.15, -0.1) is 0 Å². The van der Waals surface area contributed by atoms with Crippen molar-refractivity contribution >= 4 is 23.5 Å². The normalized spacial score (nSPS) is 18.5. The van der Waals surface area contributed by atoms with Crippen molar-refractivity contribution in [3.63, 3.8) is 0 Å². The number of benzene rings is 1. The highest BCUT2D eigenvalue weighted by atomic mass is 16.2. The molecular weight excluding hydrogens is 310 g/mol. The summed E-state index contributed by atoms with van der Waals surface area (Å²) in [4.78, 5) is 47.0. The topological polar surface area (TPSA) is 118 Å². The molecule has 1 aromatic carbocycles. The van der Waals surface area contributed by atoms with Crippen LogP contribution in [0.3, 0.4) is 0 Å². The summed E-state index contributed by atoms with van der Waals surface area (Å²) in [5, 5.41) is 5.02. The molecule has 24 heavy (non-hydrogen) atoms. The van der Waals surface area contributed by atoms with Gasteiger partial charge in [-0.2, -0.15) is 0 Å². The van der Waals surface area contributed by atoms with E-state index in [-0.39, 0.29) is 30.6 Å². The first-order chi connectivity index (χ1) is 11.5. The van der Waals surface area contributed by atoms with Crippen molar-refractivity contribution < 1.29 is 19.2 Å². The lowest BCUT2D eigenvalue weighted by molar-refractivity contribution is -0.130. The summed E-state index contributed by atoms with van der Waals surface area (Å²) in [5.41, 5.74) is 5.80. The zero-order valence-electron chi connectivity index (χ0n) is 13.3. The van der Waals surface area contributed by atoms with Crippen LogP contribution in [0.1, 0.15) is 36.0 Å². The summed E-state index contributed by atoms with van der Waals surface area (Å²) in [5.74, 6) is -1.77. The second kappa shape index (κ2) is 8.24. The molecule has 0 heterocycles. The molecular formula is C17H21N3O4. The number of Topliss-reactive ketones (excluding diaryl/α,β-unsaturated/α-hetero) is 1. The van der Waals surface area contributed by atoms with Crippen LogP contribution in [0.2, 0.25) is 0 Å². The Kier molecular flexibility index (Phi) is 6.06. The highest BCUT2D eigenvalue weighted by Gasteiger charge is 2.32. The fourth-order valence-electron chi connectivity index (χ4n) is 2.84. The molecule has 1 aliphatic rings. The molecule has 0 spiro atoms. The molecule has 7 heteroatoms. The molecule has 1 aromatic rings. The molecule has 2 atom stereocenters. The van der Waals surface area contributed by atoms with Gasteiger partial charge < -0.3 is 16.4 Å². The number of nitrogens with one attached hydrogen (secondary N) is 2. The first-order valence-electron chi connectivity index (χ1n) is 7.91. The Morgan fingerprint density at radius 1 is 1.21 bits per heavy atom. The third-order valence-electron chi connectivity index (χ3n) is 4.06. The van der Waals surface area contributed by atoms with Gasteiger partial charge in [-0.1, -0.05) is 18.2 Å². The van der Waals surface area contributed by atoms with E-state index in [1.165, 1.54) is 0 Å². The molecule has 1 aliphatic carbocycles. The van der Waals surface area contributed by atoms with Crippen LogP contribution in [0, 0.1) is 5.92 Å². The fraction of sp³-hybridized carbons (Fsp3) is 0.412. The van der Waals surface area contributed by atoms with Crippen LogP contribution in [-0.2, 0) is 14.4 Å². The molecule has 7 nitrogen and oxygen atoms in total. The van der Waals surface area contributed by atoms with Gasteiger partial charge in [-0.05, 0) is 30.9 Å². The third kappa shape index (κ3) is 4.91. The van der Waals surface area contributed by atoms with Crippen molar-refractivity contribution in [2.75, 3.05) is 6.54 Å². The maximum Gasteiger partial charge on any atom is 0.251 e. The second-order valence-electron chi connectivity index (χ2n) is 5.89. The largest absolute Gasteiger partial charge is 0.368 e. The van der Waals surface area contributed by atoms with Gasteiger partial charge in [0.15, 0.2) is 0 Å². The number of hydrogen-bond acceptors (Lipinski definition) is 4. The number of amides is 3. The molecule has 0 bridgehead atoms. The molecule has 0 aromatic heterocycles. The fourth-order valence-corrected chi connectivity index (χ4v) is 2.84. The Hall–Kier alpha value is -2.70. The highest BCUT2D eigenvalue weighted by Crippen LogP contribution is 2.24. The zero-order chi connectivity index (χ0) is 17.5. The van der Waals surface area contributed by atoms with Crippen LogP contribution in [0.15, 0.2) is 30.3 Å². The molecule has 0 aliphatic heterocycles. The molecule has 2 rings (SSSR count). The van der Waals surface area contributed by atoms with E-state index in [9.17, 15) is 19.2 Å². The smallest absolute Gasteiger partial charge is 0.251 e. The van der Waals surface area contributed by atoms with Gasteiger partial charge in [-0.25, -0.2) is 0 Å². The number of nitrogens with two attached hydrogens (primary N) is 1. The van der Waals surface area contributed by atoms with Crippen molar-refractivity contribution in [3.8, 4) is 0 Å². The van der Waals surface area contributed by atoms with Crippen LogP contribution in [0.25, 0.3) is 0 Å².